The molecule has 1 unspecified atom stereocenters. The van der Waals surface area contributed by atoms with Crippen molar-refractivity contribution >= 4 is 20.9 Å². The van der Waals surface area contributed by atoms with Crippen molar-refractivity contribution in [3.63, 3.8) is 0 Å². The Labute approximate surface area is 164 Å². The van der Waals surface area contributed by atoms with Gasteiger partial charge < -0.3 is 9.72 Å². The van der Waals surface area contributed by atoms with E-state index in [1.54, 1.807) is 37.4 Å². The molecular weight excluding hydrogens is 372 g/mol. The van der Waals surface area contributed by atoms with Gasteiger partial charge in [0.2, 0.25) is 10.0 Å². The van der Waals surface area contributed by atoms with Crippen molar-refractivity contribution in [3.8, 4) is 5.75 Å². The Morgan fingerprint density at radius 1 is 0.929 bits per heavy atom. The summed E-state index contributed by atoms with van der Waals surface area (Å²) < 4.78 is 34.3. The van der Waals surface area contributed by atoms with Gasteiger partial charge >= 0.3 is 0 Å². The second kappa shape index (κ2) is 7.50. The summed E-state index contributed by atoms with van der Waals surface area (Å²) >= 11 is 0. The smallest absolute Gasteiger partial charge is 0.241 e. The first-order chi connectivity index (χ1) is 13.6. The van der Waals surface area contributed by atoms with Crippen LogP contribution in [0, 0.1) is 0 Å². The highest BCUT2D eigenvalue weighted by Gasteiger charge is 2.25. The van der Waals surface area contributed by atoms with Crippen LogP contribution in [-0.4, -0.2) is 20.5 Å². The van der Waals surface area contributed by atoms with E-state index in [4.69, 9.17) is 4.74 Å². The lowest BCUT2D eigenvalue weighted by Gasteiger charge is -2.20. The molecule has 0 spiro atoms. The average molecular weight is 392 g/mol. The number of sulfonamides is 1. The molecule has 1 atom stereocenters. The molecule has 0 aliphatic rings. The largest absolute Gasteiger partial charge is 0.497 e. The minimum Gasteiger partial charge on any atom is -0.497 e. The molecule has 4 rings (SSSR count). The van der Waals surface area contributed by atoms with Crippen LogP contribution in [0.25, 0.3) is 10.9 Å². The van der Waals surface area contributed by atoms with Gasteiger partial charge in [0.1, 0.15) is 5.75 Å². The Hall–Kier alpha value is -3.09. The number of rotatable bonds is 6. The zero-order chi connectivity index (χ0) is 19.6. The highest BCUT2D eigenvalue weighted by molar-refractivity contribution is 7.89. The zero-order valence-corrected chi connectivity index (χ0v) is 16.1. The molecule has 0 fully saturated rings. The molecule has 0 saturated heterocycles. The number of para-hydroxylation sites is 1. The molecule has 2 N–H and O–H groups in total. The zero-order valence-electron chi connectivity index (χ0n) is 15.3. The Morgan fingerprint density at radius 3 is 2.46 bits per heavy atom. The molecule has 0 aliphatic carbocycles. The van der Waals surface area contributed by atoms with Crippen molar-refractivity contribution in [1.29, 1.82) is 0 Å². The van der Waals surface area contributed by atoms with Gasteiger partial charge in [-0.2, -0.15) is 4.72 Å². The number of ether oxygens (including phenoxy) is 1. The Kier molecular flexibility index (Phi) is 4.90. The van der Waals surface area contributed by atoms with Crippen molar-refractivity contribution in [2.75, 3.05) is 7.11 Å². The maximum atomic E-state index is 13.0. The molecule has 3 aromatic carbocycles. The number of nitrogens with one attached hydrogen (secondary N) is 2. The van der Waals surface area contributed by atoms with E-state index in [9.17, 15) is 8.42 Å². The predicted octanol–water partition coefficient (Wildman–Crippen LogP) is 4.24. The van der Waals surface area contributed by atoms with E-state index in [2.05, 4.69) is 9.71 Å². The van der Waals surface area contributed by atoms with Crippen LogP contribution in [-0.2, 0) is 10.0 Å². The van der Waals surface area contributed by atoms with Crippen molar-refractivity contribution < 1.29 is 13.2 Å². The molecule has 0 bridgehead atoms. The Bertz CT molecular complexity index is 1200. The molecule has 0 aliphatic heterocycles. The predicted molar refractivity (Wildman–Crippen MR) is 110 cm³/mol. The van der Waals surface area contributed by atoms with Gasteiger partial charge in [0, 0.05) is 17.1 Å². The van der Waals surface area contributed by atoms with E-state index >= 15 is 0 Å². The highest BCUT2D eigenvalue weighted by atomic mass is 32.2. The topological polar surface area (TPSA) is 71.2 Å². The van der Waals surface area contributed by atoms with E-state index in [0.717, 1.165) is 22.0 Å². The van der Waals surface area contributed by atoms with E-state index in [0.29, 0.717) is 5.75 Å². The number of benzene rings is 3. The van der Waals surface area contributed by atoms with E-state index in [1.165, 1.54) is 0 Å². The standard InChI is InChI=1S/C22H20N2O3S/c1-27-17-9-7-8-16(14-17)22(20-15-23-21-13-6-5-12-19(20)21)24-28(25,26)18-10-3-2-4-11-18/h2-15,22-24H,1H3. The third-order valence-corrected chi connectivity index (χ3v) is 6.12. The molecule has 1 aromatic heterocycles. The first kappa shape index (κ1) is 18.3. The lowest BCUT2D eigenvalue weighted by Crippen LogP contribution is -2.29. The van der Waals surface area contributed by atoms with Crippen molar-refractivity contribution in [3.05, 3.63) is 96.2 Å². The quantitative estimate of drug-likeness (QED) is 0.515. The first-order valence-electron chi connectivity index (χ1n) is 8.86. The third kappa shape index (κ3) is 3.52. The fraction of sp³-hybridized carbons (Fsp3) is 0.0909. The Morgan fingerprint density at radius 2 is 1.68 bits per heavy atom. The first-order valence-corrected chi connectivity index (χ1v) is 10.3. The SMILES string of the molecule is COc1cccc(C(NS(=O)(=O)c2ccccc2)c2c[nH]c3ccccc23)c1. The fourth-order valence-corrected chi connectivity index (χ4v) is 4.51. The fourth-order valence-electron chi connectivity index (χ4n) is 3.29. The number of hydrogen-bond acceptors (Lipinski definition) is 3. The van der Waals surface area contributed by atoms with Crippen LogP contribution in [0.4, 0.5) is 0 Å². The number of hydrogen-bond donors (Lipinski definition) is 2. The number of fused-ring (bicyclic) bond motifs is 1. The number of aromatic nitrogens is 1. The van der Waals surface area contributed by atoms with E-state index < -0.39 is 16.1 Å². The lowest BCUT2D eigenvalue weighted by atomic mass is 9.99. The van der Waals surface area contributed by atoms with Crippen molar-refractivity contribution in [2.45, 2.75) is 10.9 Å². The number of methoxy groups -OCH3 is 1. The maximum absolute atomic E-state index is 13.0. The molecule has 5 nitrogen and oxygen atoms in total. The number of H-pyrrole nitrogens is 1. The minimum atomic E-state index is -3.73. The molecule has 6 heteroatoms. The summed E-state index contributed by atoms with van der Waals surface area (Å²) in [6.07, 6.45) is 1.85. The van der Waals surface area contributed by atoms with Crippen LogP contribution in [0.2, 0.25) is 0 Å². The minimum absolute atomic E-state index is 0.225. The third-order valence-electron chi connectivity index (χ3n) is 4.69. The van der Waals surface area contributed by atoms with Gasteiger partial charge in [-0.15, -0.1) is 0 Å². The van der Waals surface area contributed by atoms with Crippen LogP contribution >= 0.6 is 0 Å². The van der Waals surface area contributed by atoms with Gasteiger partial charge in [-0.05, 0) is 41.5 Å². The molecule has 4 aromatic rings. The summed E-state index contributed by atoms with van der Waals surface area (Å²) in [4.78, 5) is 3.45. The molecule has 28 heavy (non-hydrogen) atoms. The monoisotopic (exact) mass is 392 g/mol. The average Bonchev–Trinajstić information content (AvgIpc) is 3.17. The van der Waals surface area contributed by atoms with Crippen LogP contribution in [0.15, 0.2) is 90.0 Å². The van der Waals surface area contributed by atoms with Gasteiger partial charge in [0.05, 0.1) is 18.0 Å². The van der Waals surface area contributed by atoms with Gasteiger partial charge in [-0.1, -0.05) is 48.5 Å². The van der Waals surface area contributed by atoms with E-state index in [1.807, 2.05) is 54.7 Å². The summed E-state index contributed by atoms with van der Waals surface area (Å²) in [5.41, 5.74) is 2.59. The highest BCUT2D eigenvalue weighted by Crippen LogP contribution is 2.32. The molecule has 142 valence electrons. The second-order valence-corrected chi connectivity index (χ2v) is 8.15. The summed E-state index contributed by atoms with van der Waals surface area (Å²) in [5, 5.41) is 0.964. The van der Waals surface area contributed by atoms with Gasteiger partial charge in [0.25, 0.3) is 0 Å². The van der Waals surface area contributed by atoms with Gasteiger partial charge in [0.15, 0.2) is 0 Å². The van der Waals surface area contributed by atoms with Crippen LogP contribution in [0.1, 0.15) is 17.2 Å². The summed E-state index contributed by atoms with van der Waals surface area (Å²) in [7, 11) is -2.14. The molecule has 0 saturated carbocycles. The van der Waals surface area contributed by atoms with Gasteiger partial charge in [-0.25, -0.2) is 8.42 Å². The van der Waals surface area contributed by atoms with Crippen LogP contribution < -0.4 is 9.46 Å². The summed E-state index contributed by atoms with van der Waals surface area (Å²) in [6.45, 7) is 0. The van der Waals surface area contributed by atoms with Crippen molar-refractivity contribution in [2.24, 2.45) is 0 Å². The Balaban J connectivity index is 1.84. The van der Waals surface area contributed by atoms with Crippen LogP contribution in [0.5, 0.6) is 5.75 Å². The van der Waals surface area contributed by atoms with E-state index in [-0.39, 0.29) is 4.90 Å². The normalized spacial score (nSPS) is 12.8. The summed E-state index contributed by atoms with van der Waals surface area (Å²) in [6, 6.07) is 23.1. The van der Waals surface area contributed by atoms with Crippen molar-refractivity contribution in [1.82, 2.24) is 9.71 Å². The maximum Gasteiger partial charge on any atom is 0.241 e. The van der Waals surface area contributed by atoms with Gasteiger partial charge in [-0.3, -0.25) is 0 Å². The number of aromatic amines is 1. The lowest BCUT2D eigenvalue weighted by molar-refractivity contribution is 0.414. The second-order valence-electron chi connectivity index (χ2n) is 6.43. The molecule has 0 amide bonds. The molecule has 0 radical (unpaired) electrons. The van der Waals surface area contributed by atoms with Crippen LogP contribution in [0.3, 0.4) is 0 Å². The summed E-state index contributed by atoms with van der Waals surface area (Å²) in [5.74, 6) is 0.668. The molecular formula is C22H20N2O3S. The molecule has 1 heterocycles.